The highest BCUT2D eigenvalue weighted by atomic mass is 16.1. The average Bonchev–Trinajstić information content (AvgIpc) is 2.87. The van der Waals surface area contributed by atoms with Crippen molar-refractivity contribution in [2.24, 2.45) is 23.5 Å². The zero-order chi connectivity index (χ0) is 13.7. The Morgan fingerprint density at radius 2 is 1.89 bits per heavy atom. The third-order valence-electron chi connectivity index (χ3n) is 5.14. The Morgan fingerprint density at radius 1 is 1.16 bits per heavy atom. The molecule has 0 aliphatic heterocycles. The van der Waals surface area contributed by atoms with Gasteiger partial charge in [0.2, 0.25) is 5.91 Å². The zero-order valence-corrected chi connectivity index (χ0v) is 12.4. The van der Waals surface area contributed by atoms with E-state index in [0.29, 0.717) is 5.92 Å². The molecule has 0 bridgehead atoms. The van der Waals surface area contributed by atoms with Gasteiger partial charge in [0.1, 0.15) is 0 Å². The fraction of sp³-hybridized carbons (Fsp3) is 0.938. The summed E-state index contributed by atoms with van der Waals surface area (Å²) in [7, 11) is 0. The second-order valence-electron chi connectivity index (χ2n) is 6.68. The maximum absolute atomic E-state index is 12.2. The predicted octanol–water partition coefficient (Wildman–Crippen LogP) is 2.84. The summed E-state index contributed by atoms with van der Waals surface area (Å²) in [6, 6.07) is 0.0681. The Morgan fingerprint density at radius 3 is 2.58 bits per heavy atom. The van der Waals surface area contributed by atoms with E-state index in [-0.39, 0.29) is 17.9 Å². The minimum atomic E-state index is 0.0419. The first kappa shape index (κ1) is 14.8. The van der Waals surface area contributed by atoms with Crippen molar-refractivity contribution in [3.05, 3.63) is 0 Å². The van der Waals surface area contributed by atoms with Gasteiger partial charge in [-0.05, 0) is 37.5 Å². The first-order valence-corrected chi connectivity index (χ1v) is 8.21. The highest BCUT2D eigenvalue weighted by Gasteiger charge is 2.33. The average molecular weight is 266 g/mol. The lowest BCUT2D eigenvalue weighted by atomic mass is 9.76. The van der Waals surface area contributed by atoms with Crippen LogP contribution < -0.4 is 11.1 Å². The maximum Gasteiger partial charge on any atom is 0.224 e. The van der Waals surface area contributed by atoms with Crippen LogP contribution in [0.4, 0.5) is 0 Å². The van der Waals surface area contributed by atoms with Crippen molar-refractivity contribution >= 4 is 5.91 Å². The molecule has 110 valence electrons. The molecule has 3 N–H and O–H groups in total. The molecule has 0 radical (unpaired) electrons. The lowest BCUT2D eigenvalue weighted by molar-refractivity contribution is -0.128. The van der Waals surface area contributed by atoms with Gasteiger partial charge in [-0.2, -0.15) is 0 Å². The molecule has 0 aromatic heterocycles. The SMILES string of the molecule is CC1CCCC(N)C1C(=O)NCCCC1CCCC1. The Labute approximate surface area is 117 Å². The maximum atomic E-state index is 12.2. The van der Waals surface area contributed by atoms with Gasteiger partial charge < -0.3 is 11.1 Å². The molecule has 2 saturated carbocycles. The number of amides is 1. The van der Waals surface area contributed by atoms with Crippen molar-refractivity contribution in [2.45, 2.75) is 70.8 Å². The van der Waals surface area contributed by atoms with Crippen molar-refractivity contribution in [2.75, 3.05) is 6.54 Å². The Balaban J connectivity index is 1.65. The van der Waals surface area contributed by atoms with Crippen LogP contribution in [-0.4, -0.2) is 18.5 Å². The molecular formula is C16H30N2O. The van der Waals surface area contributed by atoms with Gasteiger partial charge in [-0.15, -0.1) is 0 Å². The predicted molar refractivity (Wildman–Crippen MR) is 78.7 cm³/mol. The van der Waals surface area contributed by atoms with E-state index in [1.165, 1.54) is 38.5 Å². The van der Waals surface area contributed by atoms with Crippen molar-refractivity contribution in [1.29, 1.82) is 0 Å². The van der Waals surface area contributed by atoms with E-state index in [2.05, 4.69) is 12.2 Å². The molecule has 2 aliphatic carbocycles. The van der Waals surface area contributed by atoms with E-state index in [9.17, 15) is 4.79 Å². The second kappa shape index (κ2) is 7.28. The summed E-state index contributed by atoms with van der Waals surface area (Å²) < 4.78 is 0. The largest absolute Gasteiger partial charge is 0.356 e. The summed E-state index contributed by atoms with van der Waals surface area (Å²) in [6.45, 7) is 3.01. The normalized spacial score (nSPS) is 32.4. The topological polar surface area (TPSA) is 55.1 Å². The Bertz CT molecular complexity index is 276. The molecule has 3 unspecified atom stereocenters. The molecule has 3 heteroatoms. The van der Waals surface area contributed by atoms with E-state index in [1.54, 1.807) is 0 Å². The molecule has 19 heavy (non-hydrogen) atoms. The van der Waals surface area contributed by atoms with Crippen LogP contribution in [0.25, 0.3) is 0 Å². The molecule has 2 aliphatic rings. The van der Waals surface area contributed by atoms with E-state index in [1.807, 2.05) is 0 Å². The van der Waals surface area contributed by atoms with Gasteiger partial charge in [0.05, 0.1) is 5.92 Å². The zero-order valence-electron chi connectivity index (χ0n) is 12.4. The summed E-state index contributed by atoms with van der Waals surface area (Å²) in [4.78, 5) is 12.2. The Hall–Kier alpha value is -0.570. The fourth-order valence-electron chi connectivity index (χ4n) is 3.93. The number of hydrogen-bond donors (Lipinski definition) is 2. The third-order valence-corrected chi connectivity index (χ3v) is 5.14. The highest BCUT2D eigenvalue weighted by molar-refractivity contribution is 5.79. The standard InChI is InChI=1S/C16H30N2O/c1-12-6-4-10-14(17)15(12)16(19)18-11-5-9-13-7-2-3-8-13/h12-15H,2-11,17H2,1H3,(H,18,19). The number of carbonyl (C=O) groups excluding carboxylic acids is 1. The molecular weight excluding hydrogens is 236 g/mol. The minimum Gasteiger partial charge on any atom is -0.356 e. The van der Waals surface area contributed by atoms with Gasteiger partial charge in [0.15, 0.2) is 0 Å². The number of nitrogens with two attached hydrogens (primary N) is 1. The fourth-order valence-corrected chi connectivity index (χ4v) is 3.93. The number of hydrogen-bond acceptors (Lipinski definition) is 2. The van der Waals surface area contributed by atoms with Gasteiger partial charge in [-0.25, -0.2) is 0 Å². The van der Waals surface area contributed by atoms with Crippen molar-refractivity contribution in [3.8, 4) is 0 Å². The van der Waals surface area contributed by atoms with Crippen molar-refractivity contribution < 1.29 is 4.79 Å². The first-order valence-electron chi connectivity index (χ1n) is 8.21. The number of nitrogens with one attached hydrogen (secondary N) is 1. The quantitative estimate of drug-likeness (QED) is 0.752. The molecule has 3 atom stereocenters. The van der Waals surface area contributed by atoms with E-state index >= 15 is 0 Å². The van der Waals surface area contributed by atoms with Crippen LogP contribution in [0.5, 0.6) is 0 Å². The molecule has 2 fully saturated rings. The lowest BCUT2D eigenvalue weighted by Gasteiger charge is -2.33. The Kier molecular flexibility index (Phi) is 5.68. The molecule has 0 heterocycles. The van der Waals surface area contributed by atoms with Crippen LogP contribution in [0.3, 0.4) is 0 Å². The van der Waals surface area contributed by atoms with Gasteiger partial charge in [-0.1, -0.05) is 39.0 Å². The molecule has 2 rings (SSSR count). The van der Waals surface area contributed by atoms with Crippen molar-refractivity contribution in [1.82, 2.24) is 5.32 Å². The highest BCUT2D eigenvalue weighted by Crippen LogP contribution is 2.30. The molecule has 3 nitrogen and oxygen atoms in total. The van der Waals surface area contributed by atoms with Gasteiger partial charge in [0.25, 0.3) is 0 Å². The third kappa shape index (κ3) is 4.20. The first-order chi connectivity index (χ1) is 9.18. The summed E-state index contributed by atoms with van der Waals surface area (Å²) >= 11 is 0. The number of carbonyl (C=O) groups is 1. The van der Waals surface area contributed by atoms with Crippen LogP contribution in [0.2, 0.25) is 0 Å². The second-order valence-corrected chi connectivity index (χ2v) is 6.68. The van der Waals surface area contributed by atoms with E-state index in [4.69, 9.17) is 5.73 Å². The van der Waals surface area contributed by atoms with Crippen LogP contribution in [0, 0.1) is 17.8 Å². The minimum absolute atomic E-state index is 0.0419. The van der Waals surface area contributed by atoms with Crippen LogP contribution in [-0.2, 0) is 4.79 Å². The van der Waals surface area contributed by atoms with Gasteiger partial charge in [0, 0.05) is 12.6 Å². The van der Waals surface area contributed by atoms with E-state index in [0.717, 1.165) is 31.7 Å². The molecule has 1 amide bonds. The molecule has 0 aromatic rings. The molecule has 0 aromatic carbocycles. The molecule has 0 spiro atoms. The smallest absolute Gasteiger partial charge is 0.224 e. The summed E-state index contributed by atoms with van der Waals surface area (Å²) in [5.41, 5.74) is 6.11. The van der Waals surface area contributed by atoms with Crippen molar-refractivity contribution in [3.63, 3.8) is 0 Å². The summed E-state index contributed by atoms with van der Waals surface area (Å²) in [5, 5.41) is 3.12. The van der Waals surface area contributed by atoms with Gasteiger partial charge >= 0.3 is 0 Å². The molecule has 0 saturated heterocycles. The van der Waals surface area contributed by atoms with Crippen LogP contribution in [0.1, 0.15) is 64.7 Å². The number of rotatable bonds is 5. The monoisotopic (exact) mass is 266 g/mol. The summed E-state index contributed by atoms with van der Waals surface area (Å²) in [6.07, 6.45) is 11.4. The summed E-state index contributed by atoms with van der Waals surface area (Å²) in [5.74, 6) is 1.61. The van der Waals surface area contributed by atoms with Gasteiger partial charge in [-0.3, -0.25) is 4.79 Å². The van der Waals surface area contributed by atoms with Crippen LogP contribution >= 0.6 is 0 Å². The lowest BCUT2D eigenvalue weighted by Crippen LogP contribution is -2.47. The van der Waals surface area contributed by atoms with E-state index < -0.39 is 0 Å². The van der Waals surface area contributed by atoms with Crippen LogP contribution in [0.15, 0.2) is 0 Å².